The standard InChI is InChI=1S/C17H14N4O2S2/c1-11-5-2-3-6-13(11)18-16-19-20-17(25-16)24-10-12-9-15(23-21-12)14-7-4-8-22-14/h2-9H,10H2,1H3,(H,18,19). The first kappa shape index (κ1) is 15.9. The van der Waals surface area contributed by atoms with Crippen LogP contribution in [-0.2, 0) is 5.75 Å². The molecule has 0 aliphatic heterocycles. The van der Waals surface area contributed by atoms with Crippen molar-refractivity contribution in [3.63, 3.8) is 0 Å². The van der Waals surface area contributed by atoms with Gasteiger partial charge in [-0.1, -0.05) is 46.5 Å². The van der Waals surface area contributed by atoms with Gasteiger partial charge in [-0.05, 0) is 30.7 Å². The van der Waals surface area contributed by atoms with Crippen LogP contribution < -0.4 is 5.32 Å². The fourth-order valence-corrected chi connectivity index (χ4v) is 3.84. The number of nitrogens with one attached hydrogen (secondary N) is 1. The second-order valence-electron chi connectivity index (χ2n) is 5.26. The minimum atomic E-state index is 0.625. The molecular formula is C17H14N4O2S2. The summed E-state index contributed by atoms with van der Waals surface area (Å²) < 4.78 is 11.5. The Bertz CT molecular complexity index is 963. The summed E-state index contributed by atoms with van der Waals surface area (Å²) in [6, 6.07) is 13.6. The highest BCUT2D eigenvalue weighted by molar-refractivity contribution is 8.00. The zero-order valence-electron chi connectivity index (χ0n) is 13.3. The Morgan fingerprint density at radius 3 is 2.88 bits per heavy atom. The first-order chi connectivity index (χ1) is 12.3. The van der Waals surface area contributed by atoms with E-state index in [0.29, 0.717) is 17.3 Å². The Balaban J connectivity index is 1.38. The molecule has 0 aliphatic rings. The van der Waals surface area contributed by atoms with Gasteiger partial charge in [0.05, 0.1) is 12.0 Å². The lowest BCUT2D eigenvalue weighted by Gasteiger charge is -2.04. The molecular weight excluding hydrogens is 356 g/mol. The molecule has 0 saturated carbocycles. The summed E-state index contributed by atoms with van der Waals surface area (Å²) in [7, 11) is 0. The van der Waals surface area contributed by atoms with E-state index in [4.69, 9.17) is 8.94 Å². The second-order valence-corrected chi connectivity index (χ2v) is 7.46. The van der Waals surface area contributed by atoms with Gasteiger partial charge in [0.1, 0.15) is 0 Å². The molecule has 0 radical (unpaired) electrons. The van der Waals surface area contributed by atoms with Crippen LogP contribution in [0.25, 0.3) is 11.5 Å². The summed E-state index contributed by atoms with van der Waals surface area (Å²) >= 11 is 3.08. The Morgan fingerprint density at radius 1 is 1.12 bits per heavy atom. The molecule has 0 amide bonds. The maximum atomic E-state index is 5.30. The summed E-state index contributed by atoms with van der Waals surface area (Å²) in [5.41, 5.74) is 3.04. The smallest absolute Gasteiger partial charge is 0.210 e. The summed E-state index contributed by atoms with van der Waals surface area (Å²) in [6.45, 7) is 2.06. The Labute approximate surface area is 152 Å². The van der Waals surface area contributed by atoms with Gasteiger partial charge < -0.3 is 14.3 Å². The maximum Gasteiger partial charge on any atom is 0.210 e. The number of para-hydroxylation sites is 1. The summed E-state index contributed by atoms with van der Waals surface area (Å²) in [5.74, 6) is 1.95. The van der Waals surface area contributed by atoms with Gasteiger partial charge >= 0.3 is 0 Å². The van der Waals surface area contributed by atoms with Crippen LogP contribution in [-0.4, -0.2) is 15.4 Å². The van der Waals surface area contributed by atoms with Gasteiger partial charge in [-0.2, -0.15) is 0 Å². The number of aryl methyl sites for hydroxylation is 1. The van der Waals surface area contributed by atoms with E-state index in [-0.39, 0.29) is 0 Å². The van der Waals surface area contributed by atoms with E-state index in [1.54, 1.807) is 18.0 Å². The van der Waals surface area contributed by atoms with Crippen molar-refractivity contribution in [3.8, 4) is 11.5 Å². The topological polar surface area (TPSA) is 77.0 Å². The lowest BCUT2D eigenvalue weighted by atomic mass is 10.2. The number of nitrogens with zero attached hydrogens (tertiary/aromatic N) is 3. The van der Waals surface area contributed by atoms with Crippen molar-refractivity contribution in [2.24, 2.45) is 0 Å². The maximum absolute atomic E-state index is 5.30. The third-order valence-corrected chi connectivity index (χ3v) is 5.47. The average Bonchev–Trinajstić information content (AvgIpc) is 3.37. The lowest BCUT2D eigenvalue weighted by molar-refractivity contribution is 0.413. The number of anilines is 2. The van der Waals surface area contributed by atoms with Gasteiger partial charge in [-0.3, -0.25) is 0 Å². The predicted octanol–water partition coefficient (Wildman–Crippen LogP) is 5.13. The zero-order chi connectivity index (χ0) is 17.1. The molecule has 1 N–H and O–H groups in total. The van der Waals surface area contributed by atoms with E-state index < -0.39 is 0 Å². The van der Waals surface area contributed by atoms with Crippen molar-refractivity contribution in [1.82, 2.24) is 15.4 Å². The molecule has 3 heterocycles. The molecule has 6 nitrogen and oxygen atoms in total. The van der Waals surface area contributed by atoms with Gasteiger partial charge in [0.2, 0.25) is 10.9 Å². The van der Waals surface area contributed by atoms with Crippen LogP contribution >= 0.6 is 23.1 Å². The normalized spacial score (nSPS) is 10.9. The Kier molecular flexibility index (Phi) is 4.53. The molecule has 0 bridgehead atoms. The highest BCUT2D eigenvalue weighted by atomic mass is 32.2. The van der Waals surface area contributed by atoms with E-state index in [9.17, 15) is 0 Å². The third-order valence-electron chi connectivity index (χ3n) is 3.46. The Morgan fingerprint density at radius 2 is 2.04 bits per heavy atom. The molecule has 8 heteroatoms. The highest BCUT2D eigenvalue weighted by Crippen LogP contribution is 2.31. The molecule has 25 heavy (non-hydrogen) atoms. The van der Waals surface area contributed by atoms with Crippen molar-refractivity contribution in [1.29, 1.82) is 0 Å². The van der Waals surface area contributed by atoms with Crippen molar-refractivity contribution >= 4 is 33.9 Å². The molecule has 1 aromatic carbocycles. The van der Waals surface area contributed by atoms with Gasteiger partial charge in [0.15, 0.2) is 10.1 Å². The minimum absolute atomic E-state index is 0.625. The lowest BCUT2D eigenvalue weighted by Crippen LogP contribution is -1.91. The number of thioether (sulfide) groups is 1. The number of aromatic nitrogens is 3. The van der Waals surface area contributed by atoms with E-state index in [1.807, 2.05) is 36.4 Å². The molecule has 0 aliphatic carbocycles. The zero-order valence-corrected chi connectivity index (χ0v) is 14.9. The number of benzene rings is 1. The summed E-state index contributed by atoms with van der Waals surface area (Å²) in [6.07, 6.45) is 1.61. The largest absolute Gasteiger partial charge is 0.461 e. The van der Waals surface area contributed by atoms with Crippen LogP contribution in [0.3, 0.4) is 0 Å². The average molecular weight is 370 g/mol. The number of furan rings is 1. The number of hydrogen-bond donors (Lipinski definition) is 1. The Hall–Kier alpha value is -2.58. The number of hydrogen-bond acceptors (Lipinski definition) is 8. The van der Waals surface area contributed by atoms with Gasteiger partial charge in [-0.25, -0.2) is 0 Å². The van der Waals surface area contributed by atoms with Crippen molar-refractivity contribution < 1.29 is 8.94 Å². The van der Waals surface area contributed by atoms with Crippen LogP contribution in [0.1, 0.15) is 11.3 Å². The molecule has 0 saturated heterocycles. The van der Waals surface area contributed by atoms with Gasteiger partial charge in [-0.15, -0.1) is 10.2 Å². The van der Waals surface area contributed by atoms with E-state index in [1.165, 1.54) is 16.9 Å². The summed E-state index contributed by atoms with van der Waals surface area (Å²) in [5, 5.41) is 16.5. The quantitative estimate of drug-likeness (QED) is 0.471. The molecule has 3 aromatic heterocycles. The summed E-state index contributed by atoms with van der Waals surface area (Å²) in [4.78, 5) is 0. The van der Waals surface area contributed by atoms with Crippen LogP contribution in [0.15, 0.2) is 62.0 Å². The van der Waals surface area contributed by atoms with Crippen molar-refractivity contribution in [2.45, 2.75) is 17.0 Å². The number of rotatable bonds is 6. The van der Waals surface area contributed by atoms with Gasteiger partial charge in [0, 0.05) is 17.5 Å². The van der Waals surface area contributed by atoms with Gasteiger partial charge in [0.25, 0.3) is 0 Å². The SMILES string of the molecule is Cc1ccccc1Nc1nnc(SCc2cc(-c3ccco3)on2)s1. The first-order valence-electron chi connectivity index (χ1n) is 7.56. The highest BCUT2D eigenvalue weighted by Gasteiger charge is 2.11. The predicted molar refractivity (Wildman–Crippen MR) is 98.1 cm³/mol. The fraction of sp³-hybridized carbons (Fsp3) is 0.118. The van der Waals surface area contributed by atoms with Crippen LogP contribution in [0, 0.1) is 6.92 Å². The van der Waals surface area contributed by atoms with E-state index >= 15 is 0 Å². The van der Waals surface area contributed by atoms with Crippen molar-refractivity contribution in [2.75, 3.05) is 5.32 Å². The first-order valence-corrected chi connectivity index (χ1v) is 9.36. The monoisotopic (exact) mass is 370 g/mol. The van der Waals surface area contributed by atoms with E-state index in [0.717, 1.165) is 20.9 Å². The van der Waals surface area contributed by atoms with Crippen LogP contribution in [0.2, 0.25) is 0 Å². The van der Waals surface area contributed by atoms with E-state index in [2.05, 4.69) is 33.7 Å². The fourth-order valence-electron chi connectivity index (χ4n) is 2.20. The van der Waals surface area contributed by atoms with Crippen molar-refractivity contribution in [3.05, 3.63) is 60.0 Å². The molecule has 4 aromatic rings. The molecule has 0 unspecified atom stereocenters. The molecule has 0 fully saturated rings. The minimum Gasteiger partial charge on any atom is -0.461 e. The molecule has 4 rings (SSSR count). The van der Waals surface area contributed by atoms with Crippen LogP contribution in [0.4, 0.5) is 10.8 Å². The molecule has 0 spiro atoms. The molecule has 126 valence electrons. The third kappa shape index (κ3) is 3.75. The molecule has 0 atom stereocenters. The second kappa shape index (κ2) is 7.12. The van der Waals surface area contributed by atoms with Crippen LogP contribution in [0.5, 0.6) is 0 Å².